The average Bonchev–Trinajstić information content (AvgIpc) is 2.30. The highest BCUT2D eigenvalue weighted by atomic mass is 32.2. The van der Waals surface area contributed by atoms with Crippen molar-refractivity contribution >= 4 is 21.7 Å². The second-order valence-electron chi connectivity index (χ2n) is 3.32. The Hall–Kier alpha value is -1.96. The summed E-state index contributed by atoms with van der Waals surface area (Å²) < 4.78 is 34.2. The fraction of sp³-hybridized carbons (Fsp3) is 0.300. The van der Waals surface area contributed by atoms with Crippen molar-refractivity contribution in [3.05, 3.63) is 18.2 Å². The molecule has 7 nitrogen and oxygen atoms in total. The van der Waals surface area contributed by atoms with Crippen LogP contribution in [0.5, 0.6) is 11.5 Å². The minimum Gasteiger partial charge on any atom is -0.506 e. The maximum Gasteiger partial charge on any atom is 0.322 e. The summed E-state index contributed by atoms with van der Waals surface area (Å²) >= 11 is 0. The number of carbonyl (C=O) groups is 1. The molecule has 0 aliphatic rings. The number of phenols is 1. The lowest BCUT2D eigenvalue weighted by atomic mass is 10.3. The smallest absolute Gasteiger partial charge is 0.322 e. The van der Waals surface area contributed by atoms with Crippen LogP contribution in [0.15, 0.2) is 18.2 Å². The predicted octanol–water partition coefficient (Wildman–Crippen LogP) is 0.315. The number of carbonyl (C=O) groups excluding carboxylic acids is 1. The van der Waals surface area contributed by atoms with Crippen LogP contribution >= 0.6 is 0 Å². The number of anilines is 1. The zero-order chi connectivity index (χ0) is 13.8. The fourth-order valence-corrected chi connectivity index (χ4v) is 2.15. The summed E-state index contributed by atoms with van der Waals surface area (Å²) in [6, 6.07) is 4.04. The van der Waals surface area contributed by atoms with Gasteiger partial charge in [0.15, 0.2) is 5.75 Å². The first-order valence-electron chi connectivity index (χ1n) is 4.82. The van der Waals surface area contributed by atoms with E-state index in [2.05, 4.69) is 9.46 Å². The van der Waals surface area contributed by atoms with Crippen LogP contribution in [0, 0.1) is 0 Å². The summed E-state index contributed by atoms with van der Waals surface area (Å²) in [6.07, 6.45) is 0. The Morgan fingerprint density at radius 3 is 2.56 bits per heavy atom. The summed E-state index contributed by atoms with van der Waals surface area (Å²) in [4.78, 5) is 10.9. The van der Waals surface area contributed by atoms with E-state index in [1.165, 1.54) is 25.3 Å². The number of esters is 1. The number of hydrogen-bond donors (Lipinski definition) is 2. The van der Waals surface area contributed by atoms with Gasteiger partial charge < -0.3 is 14.6 Å². The lowest BCUT2D eigenvalue weighted by Gasteiger charge is -2.09. The van der Waals surface area contributed by atoms with Gasteiger partial charge in [-0.2, -0.15) is 0 Å². The SMILES string of the molecule is COC(=O)CS(=O)(=O)Nc1ccc(OC)cc1O. The number of methoxy groups -OCH3 is 2. The highest BCUT2D eigenvalue weighted by Gasteiger charge is 2.18. The van der Waals surface area contributed by atoms with Crippen LogP contribution in [0.2, 0.25) is 0 Å². The van der Waals surface area contributed by atoms with Crippen LogP contribution in [0.4, 0.5) is 5.69 Å². The van der Waals surface area contributed by atoms with E-state index in [0.29, 0.717) is 5.75 Å². The molecule has 0 amide bonds. The molecule has 0 unspecified atom stereocenters. The van der Waals surface area contributed by atoms with Crippen molar-refractivity contribution in [2.24, 2.45) is 0 Å². The van der Waals surface area contributed by atoms with Gasteiger partial charge in [0.25, 0.3) is 0 Å². The molecule has 0 atom stereocenters. The Morgan fingerprint density at radius 2 is 2.06 bits per heavy atom. The summed E-state index contributed by atoms with van der Waals surface area (Å²) in [6.45, 7) is 0. The molecule has 0 saturated carbocycles. The molecule has 0 radical (unpaired) electrons. The summed E-state index contributed by atoms with van der Waals surface area (Å²) in [5.74, 6) is -1.64. The van der Waals surface area contributed by atoms with Crippen molar-refractivity contribution < 1.29 is 27.8 Å². The van der Waals surface area contributed by atoms with Gasteiger partial charge in [-0.25, -0.2) is 8.42 Å². The molecule has 0 bridgehead atoms. The maximum absolute atomic E-state index is 11.5. The largest absolute Gasteiger partial charge is 0.506 e. The number of nitrogens with one attached hydrogen (secondary N) is 1. The van der Waals surface area contributed by atoms with Gasteiger partial charge in [0, 0.05) is 6.07 Å². The molecule has 0 fully saturated rings. The van der Waals surface area contributed by atoms with Gasteiger partial charge in [0.05, 0.1) is 19.9 Å². The third-order valence-corrected chi connectivity index (χ3v) is 3.15. The van der Waals surface area contributed by atoms with Gasteiger partial charge in [-0.1, -0.05) is 0 Å². The number of hydrogen-bond acceptors (Lipinski definition) is 6. The van der Waals surface area contributed by atoms with Gasteiger partial charge in [-0.05, 0) is 12.1 Å². The minimum atomic E-state index is -3.91. The van der Waals surface area contributed by atoms with Crippen LogP contribution in [0.1, 0.15) is 0 Å². The first-order chi connectivity index (χ1) is 8.38. The Kier molecular flexibility index (Phi) is 4.38. The molecular formula is C10H13NO6S. The van der Waals surface area contributed by atoms with Gasteiger partial charge in [-0.3, -0.25) is 9.52 Å². The second-order valence-corrected chi connectivity index (χ2v) is 5.04. The van der Waals surface area contributed by atoms with E-state index >= 15 is 0 Å². The molecular weight excluding hydrogens is 262 g/mol. The normalized spacial score (nSPS) is 10.8. The second kappa shape index (κ2) is 5.58. The van der Waals surface area contributed by atoms with Gasteiger partial charge >= 0.3 is 5.97 Å². The van der Waals surface area contributed by atoms with E-state index in [9.17, 15) is 18.3 Å². The molecule has 18 heavy (non-hydrogen) atoms. The fourth-order valence-electron chi connectivity index (χ4n) is 1.14. The van der Waals surface area contributed by atoms with Crippen molar-refractivity contribution in [3.63, 3.8) is 0 Å². The first-order valence-corrected chi connectivity index (χ1v) is 6.47. The van der Waals surface area contributed by atoms with Crippen LogP contribution in [-0.4, -0.2) is 39.5 Å². The number of benzene rings is 1. The third-order valence-electron chi connectivity index (χ3n) is 2.01. The van der Waals surface area contributed by atoms with E-state index in [1.54, 1.807) is 0 Å². The van der Waals surface area contributed by atoms with Gasteiger partial charge in [0.1, 0.15) is 11.5 Å². The average molecular weight is 275 g/mol. The number of ether oxygens (including phenoxy) is 2. The van der Waals surface area contributed by atoms with Crippen LogP contribution in [-0.2, 0) is 19.6 Å². The van der Waals surface area contributed by atoms with E-state index in [1.807, 2.05) is 0 Å². The zero-order valence-electron chi connectivity index (χ0n) is 9.84. The molecule has 0 heterocycles. The summed E-state index contributed by atoms with van der Waals surface area (Å²) in [5, 5.41) is 9.55. The topological polar surface area (TPSA) is 102 Å². The summed E-state index contributed by atoms with van der Waals surface area (Å²) in [7, 11) is -1.41. The van der Waals surface area contributed by atoms with E-state index in [0.717, 1.165) is 7.11 Å². The first kappa shape index (κ1) is 14.1. The van der Waals surface area contributed by atoms with E-state index in [-0.39, 0.29) is 11.4 Å². The lowest BCUT2D eigenvalue weighted by Crippen LogP contribution is -2.23. The van der Waals surface area contributed by atoms with Crippen molar-refractivity contribution in [1.82, 2.24) is 0 Å². The molecule has 0 saturated heterocycles. The third kappa shape index (κ3) is 3.81. The predicted molar refractivity (Wildman–Crippen MR) is 64.1 cm³/mol. The number of sulfonamides is 1. The van der Waals surface area contributed by atoms with Crippen molar-refractivity contribution in [3.8, 4) is 11.5 Å². The van der Waals surface area contributed by atoms with E-state index in [4.69, 9.17) is 4.74 Å². The van der Waals surface area contributed by atoms with Crippen molar-refractivity contribution in [2.75, 3.05) is 24.7 Å². The number of rotatable bonds is 5. The monoisotopic (exact) mass is 275 g/mol. The molecule has 8 heteroatoms. The highest BCUT2D eigenvalue weighted by Crippen LogP contribution is 2.28. The lowest BCUT2D eigenvalue weighted by molar-refractivity contribution is -0.137. The minimum absolute atomic E-state index is 0.0419. The van der Waals surface area contributed by atoms with Crippen molar-refractivity contribution in [1.29, 1.82) is 0 Å². The zero-order valence-corrected chi connectivity index (χ0v) is 10.7. The molecule has 1 aromatic carbocycles. The standard InChI is InChI=1S/C10H13NO6S/c1-16-7-3-4-8(9(12)5-7)11-18(14,15)6-10(13)17-2/h3-5,11-12H,6H2,1-2H3. The Bertz CT molecular complexity index is 539. The van der Waals surface area contributed by atoms with E-state index < -0.39 is 21.7 Å². The number of aromatic hydroxyl groups is 1. The van der Waals surface area contributed by atoms with Crippen molar-refractivity contribution in [2.45, 2.75) is 0 Å². The molecule has 1 aromatic rings. The number of phenolic OH excluding ortho intramolecular Hbond substituents is 1. The Morgan fingerprint density at radius 1 is 1.39 bits per heavy atom. The molecule has 0 aromatic heterocycles. The van der Waals surface area contributed by atoms with Crippen LogP contribution in [0.3, 0.4) is 0 Å². The maximum atomic E-state index is 11.5. The Labute approximate surface area is 104 Å². The van der Waals surface area contributed by atoms with Gasteiger partial charge in [-0.15, -0.1) is 0 Å². The highest BCUT2D eigenvalue weighted by molar-refractivity contribution is 7.93. The summed E-state index contributed by atoms with van der Waals surface area (Å²) in [5.41, 5.74) is -0.0419. The quantitative estimate of drug-likeness (QED) is 0.592. The molecule has 1 rings (SSSR count). The van der Waals surface area contributed by atoms with Crippen LogP contribution in [0.25, 0.3) is 0 Å². The molecule has 0 aliphatic heterocycles. The molecule has 0 spiro atoms. The van der Waals surface area contributed by atoms with Crippen LogP contribution < -0.4 is 9.46 Å². The molecule has 2 N–H and O–H groups in total. The molecule has 100 valence electrons. The van der Waals surface area contributed by atoms with Gasteiger partial charge in [0.2, 0.25) is 10.0 Å². The Balaban J connectivity index is 2.87. The molecule has 0 aliphatic carbocycles.